The second-order valence-corrected chi connectivity index (χ2v) is 5.09. The van der Waals surface area contributed by atoms with Crippen molar-refractivity contribution in [3.63, 3.8) is 0 Å². The van der Waals surface area contributed by atoms with E-state index in [0.29, 0.717) is 26.3 Å². The molecule has 12 heavy (non-hydrogen) atoms. The van der Waals surface area contributed by atoms with Crippen LogP contribution in [0.1, 0.15) is 0 Å². The SMILES string of the molecule is CN(C)S(=N)(=O)N1CCOCC1. The Hall–Kier alpha value is -0.170. The highest BCUT2D eigenvalue weighted by molar-refractivity contribution is 7.87. The van der Waals surface area contributed by atoms with Crippen molar-refractivity contribution in [2.45, 2.75) is 0 Å². The van der Waals surface area contributed by atoms with E-state index in [0.717, 1.165) is 0 Å². The summed E-state index contributed by atoms with van der Waals surface area (Å²) in [6.45, 7) is 2.31. The molecule has 1 aliphatic heterocycles. The fourth-order valence-corrected chi connectivity index (χ4v) is 2.13. The number of rotatable bonds is 2. The van der Waals surface area contributed by atoms with E-state index in [-0.39, 0.29) is 0 Å². The number of hydrogen-bond acceptors (Lipinski definition) is 3. The first-order valence-corrected chi connectivity index (χ1v) is 5.31. The molecule has 0 saturated carbocycles. The molecule has 0 aromatic rings. The van der Waals surface area contributed by atoms with Gasteiger partial charge in [-0.15, -0.1) is 0 Å². The zero-order valence-electron chi connectivity index (χ0n) is 7.45. The molecule has 0 aromatic carbocycles. The standard InChI is InChI=1S/C6H15N3O2S/c1-8(2)12(7,10)9-3-5-11-6-4-9/h7H,3-6H2,1-2H3. The summed E-state index contributed by atoms with van der Waals surface area (Å²) in [5.41, 5.74) is 0. The van der Waals surface area contributed by atoms with Crippen LogP contribution < -0.4 is 0 Å². The highest BCUT2D eigenvalue weighted by Crippen LogP contribution is 2.07. The Morgan fingerprint density at radius 2 is 1.92 bits per heavy atom. The highest BCUT2D eigenvalue weighted by atomic mass is 32.2. The second-order valence-electron chi connectivity index (χ2n) is 2.85. The minimum Gasteiger partial charge on any atom is -0.379 e. The van der Waals surface area contributed by atoms with Crippen molar-refractivity contribution < 1.29 is 8.95 Å². The molecule has 1 N–H and O–H groups in total. The topological polar surface area (TPSA) is 56.6 Å². The van der Waals surface area contributed by atoms with Gasteiger partial charge in [0.2, 0.25) is 0 Å². The lowest BCUT2D eigenvalue weighted by molar-refractivity contribution is 0.0726. The molecule has 1 fully saturated rings. The lowest BCUT2D eigenvalue weighted by Crippen LogP contribution is -2.45. The van der Waals surface area contributed by atoms with Gasteiger partial charge in [0.15, 0.2) is 10.1 Å². The Morgan fingerprint density at radius 3 is 2.33 bits per heavy atom. The molecule has 5 nitrogen and oxygen atoms in total. The van der Waals surface area contributed by atoms with Crippen LogP contribution in [-0.2, 0) is 14.8 Å². The maximum Gasteiger partial charge on any atom is 0.174 e. The first-order valence-electron chi connectivity index (χ1n) is 3.84. The van der Waals surface area contributed by atoms with Crippen molar-refractivity contribution in [2.75, 3.05) is 40.4 Å². The normalized spacial score (nSPS) is 25.6. The van der Waals surface area contributed by atoms with E-state index < -0.39 is 10.1 Å². The van der Waals surface area contributed by atoms with Crippen molar-refractivity contribution in [3.8, 4) is 0 Å². The van der Waals surface area contributed by atoms with Crippen LogP contribution in [0.4, 0.5) is 0 Å². The Bertz CT molecular complexity index is 231. The molecule has 0 aliphatic carbocycles. The van der Waals surface area contributed by atoms with Gasteiger partial charge in [0.05, 0.1) is 13.2 Å². The fraction of sp³-hybridized carbons (Fsp3) is 1.00. The van der Waals surface area contributed by atoms with Crippen molar-refractivity contribution in [1.29, 1.82) is 4.78 Å². The van der Waals surface area contributed by atoms with Gasteiger partial charge in [0, 0.05) is 27.2 Å². The van der Waals surface area contributed by atoms with Gasteiger partial charge < -0.3 is 4.74 Å². The molecular weight excluding hydrogens is 178 g/mol. The van der Waals surface area contributed by atoms with Gasteiger partial charge in [-0.1, -0.05) is 0 Å². The number of ether oxygens (including phenoxy) is 1. The summed E-state index contributed by atoms with van der Waals surface area (Å²) in [4.78, 5) is 0. The van der Waals surface area contributed by atoms with Crippen LogP contribution in [0.5, 0.6) is 0 Å². The van der Waals surface area contributed by atoms with Gasteiger partial charge in [-0.3, -0.25) is 0 Å². The maximum absolute atomic E-state index is 11.7. The molecule has 0 aromatic heterocycles. The smallest absolute Gasteiger partial charge is 0.174 e. The maximum atomic E-state index is 11.7. The van der Waals surface area contributed by atoms with Gasteiger partial charge in [-0.2, -0.15) is 0 Å². The summed E-state index contributed by atoms with van der Waals surface area (Å²) in [5.74, 6) is 0. The number of morpholine rings is 1. The van der Waals surface area contributed by atoms with E-state index in [4.69, 9.17) is 9.52 Å². The first kappa shape index (κ1) is 9.91. The summed E-state index contributed by atoms with van der Waals surface area (Å²) in [6.07, 6.45) is 0. The largest absolute Gasteiger partial charge is 0.379 e. The molecular formula is C6H15N3O2S. The number of nitrogens with zero attached hydrogens (tertiary/aromatic N) is 2. The first-order chi connectivity index (χ1) is 5.55. The Morgan fingerprint density at radius 1 is 1.42 bits per heavy atom. The van der Waals surface area contributed by atoms with E-state index in [1.807, 2.05) is 0 Å². The molecule has 1 saturated heterocycles. The molecule has 0 amide bonds. The summed E-state index contributed by atoms with van der Waals surface area (Å²) in [7, 11) is 0.602. The molecule has 0 spiro atoms. The minimum absolute atomic E-state index is 0.573. The van der Waals surface area contributed by atoms with Crippen LogP contribution in [0.15, 0.2) is 0 Å². The van der Waals surface area contributed by atoms with Gasteiger partial charge in [0.25, 0.3) is 0 Å². The van der Waals surface area contributed by atoms with Crippen LogP contribution in [0.3, 0.4) is 0 Å². The van der Waals surface area contributed by atoms with Gasteiger partial charge in [0.1, 0.15) is 0 Å². The summed E-state index contributed by atoms with van der Waals surface area (Å²) < 4.78 is 27.5. The van der Waals surface area contributed by atoms with Gasteiger partial charge in [-0.05, 0) is 0 Å². The molecule has 1 rings (SSSR count). The van der Waals surface area contributed by atoms with Crippen molar-refractivity contribution in [2.24, 2.45) is 0 Å². The average Bonchev–Trinajstić information content (AvgIpc) is 2.06. The number of nitrogens with one attached hydrogen (secondary N) is 1. The Labute approximate surface area is 73.5 Å². The van der Waals surface area contributed by atoms with Crippen molar-refractivity contribution in [3.05, 3.63) is 0 Å². The van der Waals surface area contributed by atoms with E-state index in [9.17, 15) is 4.21 Å². The lowest BCUT2D eigenvalue weighted by Gasteiger charge is -2.30. The van der Waals surface area contributed by atoms with E-state index >= 15 is 0 Å². The summed E-state index contributed by atoms with van der Waals surface area (Å²) in [6, 6.07) is 0. The summed E-state index contributed by atoms with van der Waals surface area (Å²) in [5, 5.41) is 0. The van der Waals surface area contributed by atoms with E-state index in [2.05, 4.69) is 0 Å². The van der Waals surface area contributed by atoms with Crippen LogP contribution in [-0.4, -0.2) is 53.2 Å². The second kappa shape index (κ2) is 3.69. The van der Waals surface area contributed by atoms with Crippen molar-refractivity contribution in [1.82, 2.24) is 8.61 Å². The predicted molar refractivity (Wildman–Crippen MR) is 46.9 cm³/mol. The monoisotopic (exact) mass is 193 g/mol. The third-order valence-corrected chi connectivity index (χ3v) is 3.87. The molecule has 1 heterocycles. The molecule has 72 valence electrons. The average molecular weight is 193 g/mol. The minimum atomic E-state index is -2.71. The molecule has 1 unspecified atom stereocenters. The summed E-state index contributed by atoms with van der Waals surface area (Å²) >= 11 is 0. The molecule has 0 bridgehead atoms. The number of hydrogen-bond donors (Lipinski definition) is 1. The Balaban J connectivity index is 2.67. The van der Waals surface area contributed by atoms with Crippen LogP contribution >= 0.6 is 0 Å². The van der Waals surface area contributed by atoms with Crippen molar-refractivity contribution >= 4 is 10.1 Å². The molecule has 1 aliphatic rings. The van der Waals surface area contributed by atoms with E-state index in [1.165, 1.54) is 4.31 Å². The van der Waals surface area contributed by atoms with Crippen LogP contribution in [0.2, 0.25) is 0 Å². The molecule has 6 heteroatoms. The third kappa shape index (κ3) is 1.95. The lowest BCUT2D eigenvalue weighted by atomic mass is 10.5. The van der Waals surface area contributed by atoms with Gasteiger partial charge >= 0.3 is 0 Å². The zero-order chi connectivity index (χ0) is 9.19. The van der Waals surface area contributed by atoms with Crippen LogP contribution in [0.25, 0.3) is 0 Å². The Kier molecular flexibility index (Phi) is 3.05. The highest BCUT2D eigenvalue weighted by Gasteiger charge is 2.22. The predicted octanol–water partition coefficient (Wildman–Crippen LogP) is -0.243. The molecule has 0 radical (unpaired) electrons. The van der Waals surface area contributed by atoms with E-state index in [1.54, 1.807) is 18.4 Å². The zero-order valence-corrected chi connectivity index (χ0v) is 8.26. The third-order valence-electron chi connectivity index (χ3n) is 1.81. The molecule has 1 atom stereocenters. The fourth-order valence-electron chi connectivity index (χ4n) is 1.03. The van der Waals surface area contributed by atoms with Gasteiger partial charge in [-0.25, -0.2) is 17.6 Å². The van der Waals surface area contributed by atoms with Crippen LogP contribution in [0, 0.1) is 4.78 Å². The quantitative estimate of drug-likeness (QED) is 0.658.